The van der Waals surface area contributed by atoms with Crippen LogP contribution >= 0.6 is 0 Å². The highest BCUT2D eigenvalue weighted by atomic mass is 16.1. The number of carbonyl (C=O) groups excluding carboxylic acids is 2. The molecular weight excluding hydrogens is 236 g/mol. The molecule has 0 unspecified atom stereocenters. The largest absolute Gasteiger partial charge is 0.289 e. The number of fused-ring (bicyclic) bond motifs is 1. The van der Waals surface area contributed by atoms with Gasteiger partial charge in [0.1, 0.15) is 0 Å². The molecule has 0 saturated heterocycles. The van der Waals surface area contributed by atoms with Crippen LogP contribution in [0.1, 0.15) is 65.3 Å². The van der Waals surface area contributed by atoms with Gasteiger partial charge in [-0.3, -0.25) is 9.59 Å². The van der Waals surface area contributed by atoms with Crippen LogP contribution in [0.25, 0.3) is 0 Å². The fourth-order valence-electron chi connectivity index (χ4n) is 2.55. The van der Waals surface area contributed by atoms with Gasteiger partial charge in [-0.2, -0.15) is 0 Å². The van der Waals surface area contributed by atoms with Gasteiger partial charge in [-0.05, 0) is 30.6 Å². The number of unbranched alkanes of at least 4 members (excludes halogenated alkanes) is 4. The molecule has 0 atom stereocenters. The summed E-state index contributed by atoms with van der Waals surface area (Å²) in [7, 11) is 0. The second kappa shape index (κ2) is 6.46. The van der Waals surface area contributed by atoms with Gasteiger partial charge in [-0.15, -0.1) is 0 Å². The molecule has 19 heavy (non-hydrogen) atoms. The fourth-order valence-corrected chi connectivity index (χ4v) is 2.55. The maximum Gasteiger partial charge on any atom is 0.186 e. The zero-order chi connectivity index (χ0) is 13.7. The van der Waals surface area contributed by atoms with Gasteiger partial charge in [0, 0.05) is 11.1 Å². The highest BCUT2D eigenvalue weighted by Crippen LogP contribution is 2.22. The van der Waals surface area contributed by atoms with Crippen LogP contribution in [0.15, 0.2) is 30.4 Å². The molecule has 1 aromatic carbocycles. The lowest BCUT2D eigenvalue weighted by Crippen LogP contribution is -2.14. The molecule has 2 nitrogen and oxygen atoms in total. The maximum atomic E-state index is 11.9. The Bertz CT molecular complexity index is 512. The van der Waals surface area contributed by atoms with Crippen molar-refractivity contribution < 1.29 is 9.59 Å². The number of allylic oxidation sites excluding steroid dienone is 2. The zero-order valence-electron chi connectivity index (χ0n) is 11.4. The van der Waals surface area contributed by atoms with Gasteiger partial charge >= 0.3 is 0 Å². The monoisotopic (exact) mass is 256 g/mol. The van der Waals surface area contributed by atoms with Crippen LogP contribution in [0.3, 0.4) is 0 Å². The number of hydrogen-bond acceptors (Lipinski definition) is 2. The summed E-state index contributed by atoms with van der Waals surface area (Å²) in [5.41, 5.74) is 2.22. The molecule has 0 aromatic heterocycles. The Morgan fingerprint density at radius 1 is 0.895 bits per heavy atom. The van der Waals surface area contributed by atoms with Crippen molar-refractivity contribution in [2.24, 2.45) is 0 Å². The number of aryl methyl sites for hydroxylation is 1. The van der Waals surface area contributed by atoms with E-state index < -0.39 is 0 Å². The van der Waals surface area contributed by atoms with E-state index in [9.17, 15) is 9.59 Å². The summed E-state index contributed by atoms with van der Waals surface area (Å²) in [6, 6.07) is 5.60. The second-order valence-electron chi connectivity index (χ2n) is 5.07. The van der Waals surface area contributed by atoms with Gasteiger partial charge in [0.05, 0.1) is 0 Å². The van der Waals surface area contributed by atoms with Gasteiger partial charge in [0.25, 0.3) is 0 Å². The predicted molar refractivity (Wildman–Crippen MR) is 76.7 cm³/mol. The lowest BCUT2D eigenvalue weighted by Gasteiger charge is -2.13. The molecule has 0 N–H and O–H groups in total. The van der Waals surface area contributed by atoms with Gasteiger partial charge < -0.3 is 0 Å². The lowest BCUT2D eigenvalue weighted by atomic mass is 9.88. The molecule has 0 bridgehead atoms. The molecule has 0 spiro atoms. The minimum Gasteiger partial charge on any atom is -0.289 e. The number of carbonyl (C=O) groups is 2. The molecule has 1 aromatic rings. The molecule has 2 rings (SSSR count). The molecule has 0 aliphatic heterocycles. The van der Waals surface area contributed by atoms with Crippen molar-refractivity contribution in [3.63, 3.8) is 0 Å². The Balaban J connectivity index is 2.09. The third kappa shape index (κ3) is 3.19. The highest BCUT2D eigenvalue weighted by Gasteiger charge is 2.21. The molecule has 100 valence electrons. The standard InChI is InChI=1S/C17H20O2/c1-2-3-4-5-6-8-13-9-7-10-14-15(18)11-12-16(19)17(13)14/h7,9-12H,2-6,8H2,1H3. The predicted octanol–water partition coefficient (Wildman–Crippen LogP) is 4.13. The Kier molecular flexibility index (Phi) is 4.67. The first-order valence-corrected chi connectivity index (χ1v) is 7.12. The van der Waals surface area contributed by atoms with E-state index >= 15 is 0 Å². The molecule has 0 heterocycles. The Hall–Kier alpha value is -1.70. The van der Waals surface area contributed by atoms with Crippen LogP contribution in [-0.4, -0.2) is 11.6 Å². The molecule has 0 fully saturated rings. The van der Waals surface area contributed by atoms with Crippen LogP contribution in [0.5, 0.6) is 0 Å². The molecule has 2 heteroatoms. The minimum absolute atomic E-state index is 0.0289. The second-order valence-corrected chi connectivity index (χ2v) is 5.07. The summed E-state index contributed by atoms with van der Waals surface area (Å²) in [4.78, 5) is 23.7. The molecule has 0 radical (unpaired) electrons. The van der Waals surface area contributed by atoms with Crippen molar-refractivity contribution in [3.05, 3.63) is 47.0 Å². The van der Waals surface area contributed by atoms with Crippen LogP contribution in [-0.2, 0) is 6.42 Å². The SMILES string of the molecule is CCCCCCCc1cccc2c1C(=O)C=CC2=O. The summed E-state index contributed by atoms with van der Waals surface area (Å²) >= 11 is 0. The highest BCUT2D eigenvalue weighted by molar-refractivity contribution is 6.22. The van der Waals surface area contributed by atoms with Gasteiger partial charge in [0.2, 0.25) is 0 Å². The van der Waals surface area contributed by atoms with Crippen molar-refractivity contribution in [2.75, 3.05) is 0 Å². The smallest absolute Gasteiger partial charge is 0.186 e. The molecule has 0 amide bonds. The first-order chi connectivity index (χ1) is 9.24. The van der Waals surface area contributed by atoms with Crippen molar-refractivity contribution in [1.82, 2.24) is 0 Å². The van der Waals surface area contributed by atoms with E-state index in [0.717, 1.165) is 18.4 Å². The summed E-state index contributed by atoms with van der Waals surface area (Å²) in [5.74, 6) is -0.0822. The van der Waals surface area contributed by atoms with Crippen LogP contribution in [0.4, 0.5) is 0 Å². The number of rotatable bonds is 6. The third-order valence-electron chi connectivity index (χ3n) is 3.60. The first-order valence-electron chi connectivity index (χ1n) is 7.12. The van der Waals surface area contributed by atoms with Crippen molar-refractivity contribution in [2.45, 2.75) is 45.4 Å². The Labute approximate surface area is 114 Å². The molecular formula is C17H20O2. The fraction of sp³-hybridized carbons (Fsp3) is 0.412. The lowest BCUT2D eigenvalue weighted by molar-refractivity contribution is 0.0993. The summed E-state index contributed by atoms with van der Waals surface area (Å²) in [6.45, 7) is 2.20. The van der Waals surface area contributed by atoms with Gasteiger partial charge in [-0.1, -0.05) is 50.8 Å². The molecule has 1 aliphatic carbocycles. The number of ketones is 2. The van der Waals surface area contributed by atoms with Crippen molar-refractivity contribution >= 4 is 11.6 Å². The van der Waals surface area contributed by atoms with Gasteiger partial charge in [-0.25, -0.2) is 0 Å². The Morgan fingerprint density at radius 2 is 1.63 bits per heavy atom. The number of benzene rings is 1. The first kappa shape index (κ1) is 13.7. The van der Waals surface area contributed by atoms with Crippen molar-refractivity contribution in [1.29, 1.82) is 0 Å². The van der Waals surface area contributed by atoms with E-state index in [1.807, 2.05) is 12.1 Å². The molecule has 0 saturated carbocycles. The van der Waals surface area contributed by atoms with E-state index in [1.165, 1.54) is 37.8 Å². The van der Waals surface area contributed by atoms with E-state index in [-0.39, 0.29) is 11.6 Å². The topological polar surface area (TPSA) is 34.1 Å². The van der Waals surface area contributed by atoms with E-state index in [4.69, 9.17) is 0 Å². The van der Waals surface area contributed by atoms with Crippen LogP contribution in [0.2, 0.25) is 0 Å². The summed E-state index contributed by atoms with van der Waals surface area (Å²) in [6.07, 6.45) is 9.68. The van der Waals surface area contributed by atoms with Crippen LogP contribution < -0.4 is 0 Å². The minimum atomic E-state index is -0.0533. The maximum absolute atomic E-state index is 11.9. The summed E-state index contributed by atoms with van der Waals surface area (Å²) < 4.78 is 0. The molecule has 1 aliphatic rings. The van der Waals surface area contributed by atoms with E-state index in [2.05, 4.69) is 6.92 Å². The van der Waals surface area contributed by atoms with E-state index in [0.29, 0.717) is 11.1 Å². The van der Waals surface area contributed by atoms with Crippen molar-refractivity contribution in [3.8, 4) is 0 Å². The van der Waals surface area contributed by atoms with Crippen LogP contribution in [0, 0.1) is 0 Å². The quantitative estimate of drug-likeness (QED) is 0.717. The Morgan fingerprint density at radius 3 is 2.42 bits per heavy atom. The van der Waals surface area contributed by atoms with Gasteiger partial charge in [0.15, 0.2) is 11.6 Å². The third-order valence-corrected chi connectivity index (χ3v) is 3.60. The normalized spacial score (nSPS) is 13.7. The average molecular weight is 256 g/mol. The summed E-state index contributed by atoms with van der Waals surface area (Å²) in [5, 5.41) is 0. The number of hydrogen-bond donors (Lipinski definition) is 0. The van der Waals surface area contributed by atoms with E-state index in [1.54, 1.807) is 6.07 Å². The zero-order valence-corrected chi connectivity index (χ0v) is 11.4. The average Bonchev–Trinajstić information content (AvgIpc) is 2.43.